The Labute approximate surface area is 140 Å². The van der Waals surface area contributed by atoms with E-state index in [4.69, 9.17) is 4.74 Å². The summed E-state index contributed by atoms with van der Waals surface area (Å²) in [6.45, 7) is 1.48. The summed E-state index contributed by atoms with van der Waals surface area (Å²) in [6, 6.07) is 9.37. The van der Waals surface area contributed by atoms with Crippen molar-refractivity contribution >= 4 is 33.0 Å². The van der Waals surface area contributed by atoms with Crippen molar-refractivity contribution in [3.8, 4) is 5.75 Å². The highest BCUT2D eigenvalue weighted by Crippen LogP contribution is 2.27. The molecule has 0 spiro atoms. The van der Waals surface area contributed by atoms with E-state index in [-0.39, 0.29) is 5.91 Å². The number of nitrogens with one attached hydrogen (secondary N) is 1. The summed E-state index contributed by atoms with van der Waals surface area (Å²) < 4.78 is 6.69. The van der Waals surface area contributed by atoms with Crippen molar-refractivity contribution in [3.05, 3.63) is 52.4 Å². The summed E-state index contributed by atoms with van der Waals surface area (Å²) in [4.78, 5) is 25.9. The molecule has 4 rings (SSSR count). The molecule has 1 aliphatic heterocycles. The van der Waals surface area contributed by atoms with Crippen molar-refractivity contribution in [2.45, 2.75) is 6.54 Å². The molecule has 23 heavy (non-hydrogen) atoms. The van der Waals surface area contributed by atoms with Crippen LogP contribution in [-0.4, -0.2) is 38.9 Å². The van der Waals surface area contributed by atoms with Crippen molar-refractivity contribution in [2.75, 3.05) is 13.2 Å². The average Bonchev–Trinajstić information content (AvgIpc) is 2.92. The first kappa shape index (κ1) is 14.2. The molecule has 1 amide bonds. The minimum absolute atomic E-state index is 0.119. The fraction of sp³-hybridized carbons (Fsp3) is 0.188. The number of aromatic amines is 1. The Morgan fingerprint density at radius 2 is 2.22 bits per heavy atom. The molecule has 116 valence electrons. The number of hydrogen-bond donors (Lipinski definition) is 1. The molecule has 0 saturated heterocycles. The highest BCUT2D eigenvalue weighted by Gasteiger charge is 2.22. The van der Waals surface area contributed by atoms with E-state index in [1.54, 1.807) is 17.3 Å². The maximum absolute atomic E-state index is 12.8. The van der Waals surface area contributed by atoms with E-state index in [9.17, 15) is 4.79 Å². The molecule has 0 saturated carbocycles. The maximum atomic E-state index is 12.8. The van der Waals surface area contributed by atoms with Crippen molar-refractivity contribution in [2.24, 2.45) is 0 Å². The van der Waals surface area contributed by atoms with E-state index in [0.717, 1.165) is 21.3 Å². The van der Waals surface area contributed by atoms with Crippen LogP contribution in [0.25, 0.3) is 11.2 Å². The topological polar surface area (TPSA) is 71.1 Å². The molecule has 3 aromatic rings. The Morgan fingerprint density at radius 1 is 1.30 bits per heavy atom. The summed E-state index contributed by atoms with van der Waals surface area (Å²) in [5.74, 6) is 0.700. The number of amides is 1. The minimum Gasteiger partial charge on any atom is -0.491 e. The quantitative estimate of drug-likeness (QED) is 0.712. The van der Waals surface area contributed by atoms with Crippen molar-refractivity contribution in [1.82, 2.24) is 19.9 Å². The Bertz CT molecular complexity index is 893. The molecular formula is C16H13BrN4O2. The van der Waals surface area contributed by atoms with E-state index < -0.39 is 0 Å². The van der Waals surface area contributed by atoms with Crippen LogP contribution in [-0.2, 0) is 6.54 Å². The Balaban J connectivity index is 1.65. The fourth-order valence-corrected chi connectivity index (χ4v) is 3.05. The Morgan fingerprint density at radius 3 is 3.13 bits per heavy atom. The Kier molecular flexibility index (Phi) is 3.49. The van der Waals surface area contributed by atoms with Gasteiger partial charge in [-0.2, -0.15) is 0 Å². The number of pyridine rings is 1. The van der Waals surface area contributed by atoms with E-state index in [1.807, 2.05) is 24.3 Å². The van der Waals surface area contributed by atoms with Gasteiger partial charge in [-0.05, 0) is 30.3 Å². The molecule has 0 bridgehead atoms. The number of aromatic nitrogens is 3. The summed E-state index contributed by atoms with van der Waals surface area (Å²) in [5.41, 5.74) is 2.73. The van der Waals surface area contributed by atoms with Crippen molar-refractivity contribution < 1.29 is 9.53 Å². The molecule has 3 heterocycles. The number of carbonyl (C=O) groups is 1. The number of nitrogens with zero attached hydrogens (tertiary/aromatic N) is 3. The molecular weight excluding hydrogens is 360 g/mol. The van der Waals surface area contributed by atoms with E-state index >= 15 is 0 Å². The van der Waals surface area contributed by atoms with Crippen molar-refractivity contribution in [3.63, 3.8) is 0 Å². The zero-order valence-corrected chi connectivity index (χ0v) is 13.7. The number of hydrogen-bond acceptors (Lipinski definition) is 4. The molecule has 1 N–H and O–H groups in total. The first-order valence-electron chi connectivity index (χ1n) is 7.21. The lowest BCUT2D eigenvalue weighted by Crippen LogP contribution is -2.33. The molecule has 0 fully saturated rings. The molecule has 0 unspecified atom stereocenters. The second-order valence-corrected chi connectivity index (χ2v) is 6.21. The third-order valence-corrected chi connectivity index (χ3v) is 4.28. The van der Waals surface area contributed by atoms with Crippen LogP contribution >= 0.6 is 15.9 Å². The lowest BCUT2D eigenvalue weighted by Gasteiger charge is -2.19. The predicted octanol–water partition coefficient (Wildman–Crippen LogP) is 2.76. The summed E-state index contributed by atoms with van der Waals surface area (Å²) >= 11 is 3.46. The third-order valence-electron chi connectivity index (χ3n) is 3.79. The maximum Gasteiger partial charge on any atom is 0.272 e. The van der Waals surface area contributed by atoms with Gasteiger partial charge in [-0.3, -0.25) is 4.79 Å². The lowest BCUT2D eigenvalue weighted by atomic mass is 10.2. The van der Waals surface area contributed by atoms with Crippen molar-refractivity contribution in [1.29, 1.82) is 0 Å². The van der Waals surface area contributed by atoms with Gasteiger partial charge in [0.05, 0.1) is 18.4 Å². The first-order chi connectivity index (χ1) is 11.2. The zero-order valence-electron chi connectivity index (χ0n) is 12.1. The molecule has 1 aliphatic rings. The van der Waals surface area contributed by atoms with Crippen LogP contribution < -0.4 is 4.74 Å². The van der Waals surface area contributed by atoms with Crippen LogP contribution in [0, 0.1) is 0 Å². The highest BCUT2D eigenvalue weighted by atomic mass is 79.9. The van der Waals surface area contributed by atoms with E-state index in [2.05, 4.69) is 30.9 Å². The second kappa shape index (κ2) is 5.66. The number of fused-ring (bicyclic) bond motifs is 2. The van der Waals surface area contributed by atoms with E-state index in [1.165, 1.54) is 0 Å². The molecule has 0 aliphatic carbocycles. The van der Waals surface area contributed by atoms with Gasteiger partial charge < -0.3 is 14.6 Å². The molecule has 6 nitrogen and oxygen atoms in total. The third kappa shape index (κ3) is 2.68. The SMILES string of the molecule is O=C(c1ccc2[nH]cnc2n1)N1CCOc2ccc(Br)cc2C1. The van der Waals surface area contributed by atoms with Crippen LogP contribution in [0.3, 0.4) is 0 Å². The summed E-state index contributed by atoms with van der Waals surface area (Å²) in [6.07, 6.45) is 1.57. The van der Waals surface area contributed by atoms with Gasteiger partial charge in [0.1, 0.15) is 18.1 Å². The summed E-state index contributed by atoms with van der Waals surface area (Å²) in [7, 11) is 0. The smallest absolute Gasteiger partial charge is 0.272 e. The zero-order chi connectivity index (χ0) is 15.8. The Hall–Kier alpha value is -2.41. The minimum atomic E-state index is -0.119. The van der Waals surface area contributed by atoms with Crippen LogP contribution in [0.5, 0.6) is 5.75 Å². The van der Waals surface area contributed by atoms with Gasteiger partial charge in [-0.1, -0.05) is 15.9 Å². The number of ether oxygens (including phenoxy) is 1. The number of rotatable bonds is 1. The van der Waals surface area contributed by atoms with Gasteiger partial charge in [0, 0.05) is 16.6 Å². The van der Waals surface area contributed by atoms with E-state index in [0.29, 0.717) is 31.0 Å². The van der Waals surface area contributed by atoms with Gasteiger partial charge in [0.2, 0.25) is 0 Å². The van der Waals surface area contributed by atoms with Gasteiger partial charge in [0.25, 0.3) is 5.91 Å². The molecule has 2 aromatic heterocycles. The van der Waals surface area contributed by atoms with Gasteiger partial charge in [-0.25, -0.2) is 9.97 Å². The lowest BCUT2D eigenvalue weighted by molar-refractivity contribution is 0.0727. The van der Waals surface area contributed by atoms with Gasteiger partial charge in [0.15, 0.2) is 5.65 Å². The largest absolute Gasteiger partial charge is 0.491 e. The molecule has 1 aromatic carbocycles. The normalized spacial score (nSPS) is 14.2. The molecule has 0 atom stereocenters. The monoisotopic (exact) mass is 372 g/mol. The number of benzene rings is 1. The number of halogens is 1. The van der Waals surface area contributed by atoms with Gasteiger partial charge >= 0.3 is 0 Å². The van der Waals surface area contributed by atoms with Crippen LogP contribution in [0.4, 0.5) is 0 Å². The van der Waals surface area contributed by atoms with Gasteiger partial charge in [-0.15, -0.1) is 0 Å². The fourth-order valence-electron chi connectivity index (χ4n) is 2.64. The second-order valence-electron chi connectivity index (χ2n) is 5.30. The highest BCUT2D eigenvalue weighted by molar-refractivity contribution is 9.10. The standard InChI is InChI=1S/C16H13BrN4O2/c17-11-1-4-14-10(7-11)8-21(5-6-23-14)16(22)13-3-2-12-15(20-13)19-9-18-12/h1-4,7,9H,5-6,8H2,(H,18,19,20). The first-order valence-corrected chi connectivity index (χ1v) is 8.00. The van der Waals surface area contributed by atoms with Crippen LogP contribution in [0.2, 0.25) is 0 Å². The number of H-pyrrole nitrogens is 1. The number of carbonyl (C=O) groups excluding carboxylic acids is 1. The summed E-state index contributed by atoms with van der Waals surface area (Å²) in [5, 5.41) is 0. The number of imidazole rings is 1. The molecule has 7 heteroatoms. The average molecular weight is 373 g/mol. The van der Waals surface area contributed by atoms with Crippen LogP contribution in [0.1, 0.15) is 16.1 Å². The molecule has 0 radical (unpaired) electrons. The van der Waals surface area contributed by atoms with Crippen LogP contribution in [0.15, 0.2) is 41.1 Å². The predicted molar refractivity (Wildman–Crippen MR) is 88.3 cm³/mol.